The molecule has 2 atom stereocenters. The zero-order valence-corrected chi connectivity index (χ0v) is 8.65. The van der Waals surface area contributed by atoms with Gasteiger partial charge in [0, 0.05) is 18.6 Å². The molecule has 2 unspecified atom stereocenters. The Morgan fingerprint density at radius 1 is 1.31 bits per heavy atom. The molecule has 3 aliphatic rings. The third-order valence-electron chi connectivity index (χ3n) is 3.43. The van der Waals surface area contributed by atoms with Gasteiger partial charge < -0.3 is 10.2 Å². The molecule has 2 saturated carbocycles. The number of nitrogens with one attached hydrogen (secondary N) is 1. The molecule has 0 aromatic heterocycles. The van der Waals surface area contributed by atoms with Crippen LogP contribution in [0.5, 0.6) is 0 Å². The van der Waals surface area contributed by atoms with Crippen molar-refractivity contribution in [2.45, 2.75) is 44.2 Å². The number of hydrogen-bond donors (Lipinski definition) is 1. The molecule has 1 heterocycles. The lowest BCUT2D eigenvalue weighted by Crippen LogP contribution is -2.44. The van der Waals surface area contributed by atoms with E-state index in [9.17, 15) is 0 Å². The van der Waals surface area contributed by atoms with Gasteiger partial charge in [0.05, 0.1) is 0 Å². The van der Waals surface area contributed by atoms with E-state index >= 15 is 0 Å². The highest BCUT2D eigenvalue weighted by Gasteiger charge is 2.45. The molecule has 13 heavy (non-hydrogen) atoms. The summed E-state index contributed by atoms with van der Waals surface area (Å²) in [5.41, 5.74) is 0. The van der Waals surface area contributed by atoms with E-state index in [1.54, 1.807) is 0 Å². The molecular weight excluding hydrogens is 180 g/mol. The van der Waals surface area contributed by atoms with E-state index < -0.39 is 0 Å². The number of thiocarbonyl (C=S) groups is 1. The van der Waals surface area contributed by atoms with Crippen molar-refractivity contribution in [3.8, 4) is 0 Å². The van der Waals surface area contributed by atoms with Crippen molar-refractivity contribution < 1.29 is 0 Å². The van der Waals surface area contributed by atoms with Crippen LogP contribution in [0.25, 0.3) is 0 Å². The van der Waals surface area contributed by atoms with Gasteiger partial charge in [-0.1, -0.05) is 0 Å². The van der Waals surface area contributed by atoms with Gasteiger partial charge in [-0.15, -0.1) is 0 Å². The third kappa shape index (κ3) is 1.54. The fourth-order valence-electron chi connectivity index (χ4n) is 2.35. The lowest BCUT2D eigenvalue weighted by atomic mass is 10.1. The summed E-state index contributed by atoms with van der Waals surface area (Å²) in [4.78, 5) is 2.43. The van der Waals surface area contributed by atoms with Gasteiger partial charge in [-0.3, -0.25) is 0 Å². The first-order chi connectivity index (χ1) is 6.34. The minimum absolute atomic E-state index is 0.714. The summed E-state index contributed by atoms with van der Waals surface area (Å²) in [6.07, 6.45) is 6.82. The Balaban J connectivity index is 1.59. The van der Waals surface area contributed by atoms with E-state index in [-0.39, 0.29) is 0 Å². The van der Waals surface area contributed by atoms with Crippen molar-refractivity contribution in [3.05, 3.63) is 0 Å². The van der Waals surface area contributed by atoms with Crippen LogP contribution in [-0.2, 0) is 0 Å². The van der Waals surface area contributed by atoms with E-state index in [0.29, 0.717) is 6.04 Å². The van der Waals surface area contributed by atoms with E-state index in [4.69, 9.17) is 12.2 Å². The number of nitrogens with zero attached hydrogens (tertiary/aromatic N) is 1. The largest absolute Gasteiger partial charge is 0.360 e. The first-order valence-electron chi connectivity index (χ1n) is 5.42. The van der Waals surface area contributed by atoms with Crippen molar-refractivity contribution >= 4 is 17.3 Å². The molecule has 2 nitrogen and oxygen atoms in total. The second-order valence-electron chi connectivity index (χ2n) is 4.62. The third-order valence-corrected chi connectivity index (χ3v) is 3.78. The smallest absolute Gasteiger partial charge is 0.169 e. The normalized spacial score (nSPS) is 36.8. The highest BCUT2D eigenvalue weighted by Crippen LogP contribution is 2.43. The highest BCUT2D eigenvalue weighted by atomic mass is 32.1. The fraction of sp³-hybridized carbons (Fsp3) is 0.900. The summed E-state index contributed by atoms with van der Waals surface area (Å²) >= 11 is 5.41. The van der Waals surface area contributed by atoms with Crippen molar-refractivity contribution in [2.75, 3.05) is 6.54 Å². The minimum atomic E-state index is 0.714. The standard InChI is InChI=1S/C10H16N2S/c13-10(11-8-3-4-8)12-5-1-2-7-6-9(7)12/h7-9H,1-6H2,(H,11,13). The van der Waals surface area contributed by atoms with Crippen LogP contribution >= 0.6 is 12.2 Å². The zero-order valence-electron chi connectivity index (χ0n) is 7.83. The first-order valence-corrected chi connectivity index (χ1v) is 5.82. The lowest BCUT2D eigenvalue weighted by molar-refractivity contribution is 0.324. The number of piperidine rings is 1. The summed E-state index contributed by atoms with van der Waals surface area (Å²) in [5.74, 6) is 0.979. The molecule has 3 heteroatoms. The van der Waals surface area contributed by atoms with Crippen LogP contribution in [0.15, 0.2) is 0 Å². The quantitative estimate of drug-likeness (QED) is 0.640. The molecule has 0 aromatic carbocycles. The Morgan fingerprint density at radius 2 is 2.15 bits per heavy atom. The van der Waals surface area contributed by atoms with E-state index in [2.05, 4.69) is 10.2 Å². The van der Waals surface area contributed by atoms with Crippen molar-refractivity contribution in [2.24, 2.45) is 5.92 Å². The van der Waals surface area contributed by atoms with Gasteiger partial charge in [0.15, 0.2) is 5.11 Å². The molecule has 0 bridgehead atoms. The van der Waals surface area contributed by atoms with Gasteiger partial charge in [0.25, 0.3) is 0 Å². The second-order valence-corrected chi connectivity index (χ2v) is 5.01. The molecule has 0 spiro atoms. The van der Waals surface area contributed by atoms with E-state index in [1.807, 2.05) is 0 Å². The second kappa shape index (κ2) is 2.84. The van der Waals surface area contributed by atoms with Crippen molar-refractivity contribution in [1.82, 2.24) is 10.2 Å². The Kier molecular flexibility index (Phi) is 1.76. The molecule has 3 rings (SSSR count). The van der Waals surface area contributed by atoms with Crippen molar-refractivity contribution in [3.63, 3.8) is 0 Å². The maximum atomic E-state index is 5.41. The summed E-state index contributed by atoms with van der Waals surface area (Å²) < 4.78 is 0. The summed E-state index contributed by atoms with van der Waals surface area (Å²) in [5, 5.41) is 4.47. The molecule has 2 aliphatic carbocycles. The Hall–Kier alpha value is -0.310. The topological polar surface area (TPSA) is 15.3 Å². The minimum Gasteiger partial charge on any atom is -0.360 e. The van der Waals surface area contributed by atoms with Crippen molar-refractivity contribution in [1.29, 1.82) is 0 Å². The number of fused-ring (bicyclic) bond motifs is 1. The van der Waals surface area contributed by atoms with Crippen LogP contribution < -0.4 is 5.32 Å². The maximum Gasteiger partial charge on any atom is 0.169 e. The summed E-state index contributed by atoms with van der Waals surface area (Å²) in [6, 6.07) is 1.53. The van der Waals surface area contributed by atoms with E-state index in [1.165, 1.54) is 38.6 Å². The number of rotatable bonds is 1. The monoisotopic (exact) mass is 196 g/mol. The van der Waals surface area contributed by atoms with Crippen LogP contribution in [0.1, 0.15) is 32.1 Å². The number of hydrogen-bond acceptors (Lipinski definition) is 1. The number of likely N-dealkylation sites (tertiary alicyclic amines) is 1. The molecule has 0 amide bonds. The van der Waals surface area contributed by atoms with Gasteiger partial charge in [-0.2, -0.15) is 0 Å². The van der Waals surface area contributed by atoms with Crippen LogP contribution in [0, 0.1) is 5.92 Å². The molecule has 0 aromatic rings. The Labute approximate surface area is 84.7 Å². The van der Waals surface area contributed by atoms with Crippen LogP contribution in [-0.4, -0.2) is 28.6 Å². The van der Waals surface area contributed by atoms with Crippen LogP contribution in [0.4, 0.5) is 0 Å². The van der Waals surface area contributed by atoms with Gasteiger partial charge >= 0.3 is 0 Å². The van der Waals surface area contributed by atoms with Gasteiger partial charge in [0.2, 0.25) is 0 Å². The zero-order chi connectivity index (χ0) is 8.84. The Morgan fingerprint density at radius 3 is 2.92 bits per heavy atom. The summed E-state index contributed by atoms with van der Waals surface area (Å²) in [6.45, 7) is 1.19. The predicted octanol–water partition coefficient (Wildman–Crippen LogP) is 1.51. The molecule has 1 saturated heterocycles. The molecule has 72 valence electrons. The Bertz CT molecular complexity index is 237. The maximum absolute atomic E-state index is 5.41. The average Bonchev–Trinajstić information content (AvgIpc) is 2.97. The van der Waals surface area contributed by atoms with Gasteiger partial charge in [-0.05, 0) is 50.2 Å². The summed E-state index contributed by atoms with van der Waals surface area (Å²) in [7, 11) is 0. The molecule has 0 radical (unpaired) electrons. The first kappa shape index (κ1) is 8.04. The van der Waals surface area contributed by atoms with Gasteiger partial charge in [-0.25, -0.2) is 0 Å². The molecule has 3 fully saturated rings. The van der Waals surface area contributed by atoms with Crippen LogP contribution in [0.3, 0.4) is 0 Å². The highest BCUT2D eigenvalue weighted by molar-refractivity contribution is 7.80. The molecular formula is C10H16N2S. The lowest BCUT2D eigenvalue weighted by Gasteiger charge is -2.29. The predicted molar refractivity (Wildman–Crippen MR) is 56.6 cm³/mol. The van der Waals surface area contributed by atoms with Gasteiger partial charge in [0.1, 0.15) is 0 Å². The SMILES string of the molecule is S=C(NC1CC1)N1CCCC2CC21. The molecule has 1 aliphatic heterocycles. The van der Waals surface area contributed by atoms with Crippen LogP contribution in [0.2, 0.25) is 0 Å². The molecule has 1 N–H and O–H groups in total. The van der Waals surface area contributed by atoms with E-state index in [0.717, 1.165) is 17.1 Å². The average molecular weight is 196 g/mol. The fourth-order valence-corrected chi connectivity index (χ4v) is 2.74.